The molecule has 3 aromatic heterocycles. The van der Waals surface area contributed by atoms with Gasteiger partial charge in [-0.15, -0.1) is 0 Å². The summed E-state index contributed by atoms with van der Waals surface area (Å²) in [4.78, 5) is 15.9. The molecule has 0 aliphatic heterocycles. The summed E-state index contributed by atoms with van der Waals surface area (Å²) < 4.78 is 4.67. The van der Waals surface area contributed by atoms with E-state index in [4.69, 9.17) is 15.0 Å². The quantitative estimate of drug-likeness (QED) is 0.162. The highest BCUT2D eigenvalue weighted by molar-refractivity contribution is 6.23. The van der Waals surface area contributed by atoms with E-state index < -0.39 is 0 Å². The maximum absolute atomic E-state index is 5.38. The molecule has 9 aromatic carbocycles. The Labute approximate surface area is 358 Å². The van der Waals surface area contributed by atoms with E-state index in [1.54, 1.807) is 0 Å². The van der Waals surface area contributed by atoms with Gasteiger partial charge in [-0.25, -0.2) is 4.98 Å². The molecule has 0 aliphatic rings. The predicted octanol–water partition coefficient (Wildman–Crippen LogP) is 14.4. The second-order valence-electron chi connectivity index (χ2n) is 15.6. The first-order valence-corrected chi connectivity index (χ1v) is 21.0. The van der Waals surface area contributed by atoms with Crippen LogP contribution in [0.25, 0.3) is 111 Å². The molecular weight excluding hydrogens is 755 g/mol. The zero-order valence-electron chi connectivity index (χ0n) is 33.6. The minimum Gasteiger partial charge on any atom is -0.307 e. The first kappa shape index (κ1) is 35.5. The normalized spacial score (nSPS) is 11.5. The van der Waals surface area contributed by atoms with E-state index in [0.717, 1.165) is 71.7 Å². The number of aromatic nitrogens is 5. The molecule has 0 atom stereocenters. The third kappa shape index (κ3) is 5.90. The summed E-state index contributed by atoms with van der Waals surface area (Å²) in [7, 11) is 0. The van der Waals surface area contributed by atoms with Crippen LogP contribution in [-0.2, 0) is 0 Å². The van der Waals surface area contributed by atoms with Crippen molar-refractivity contribution >= 4 is 43.6 Å². The fraction of sp³-hybridized carbons (Fsp3) is 0. The van der Waals surface area contributed by atoms with Crippen molar-refractivity contribution in [2.75, 3.05) is 0 Å². The lowest BCUT2D eigenvalue weighted by atomic mass is 9.94. The van der Waals surface area contributed by atoms with Gasteiger partial charge < -0.3 is 4.57 Å². The summed E-state index contributed by atoms with van der Waals surface area (Å²) in [5, 5.41) is 4.59. The topological polar surface area (TPSA) is 48.5 Å². The monoisotopic (exact) mass is 791 g/mol. The number of fused-ring (bicyclic) bond motifs is 7. The van der Waals surface area contributed by atoms with E-state index in [9.17, 15) is 0 Å². The van der Waals surface area contributed by atoms with Crippen LogP contribution < -0.4 is 0 Å². The summed E-state index contributed by atoms with van der Waals surface area (Å²) in [6, 6.07) is 79.2. The van der Waals surface area contributed by atoms with Crippen molar-refractivity contribution in [1.82, 2.24) is 24.1 Å². The second-order valence-corrected chi connectivity index (χ2v) is 15.6. The average Bonchev–Trinajstić information content (AvgIpc) is 3.88. The van der Waals surface area contributed by atoms with Crippen LogP contribution in [0.3, 0.4) is 0 Å². The fourth-order valence-electron chi connectivity index (χ4n) is 9.15. The molecule has 0 fully saturated rings. The number of nitrogens with zero attached hydrogens (tertiary/aromatic N) is 5. The Morgan fingerprint density at radius 3 is 1.35 bits per heavy atom. The molecule has 0 saturated carbocycles. The third-order valence-electron chi connectivity index (χ3n) is 12.0. The second kappa shape index (κ2) is 14.7. The summed E-state index contributed by atoms with van der Waals surface area (Å²) in [5.74, 6) is 1.78. The minimum atomic E-state index is 0.558. The van der Waals surface area contributed by atoms with Crippen molar-refractivity contribution in [3.05, 3.63) is 224 Å². The third-order valence-corrected chi connectivity index (χ3v) is 12.0. The van der Waals surface area contributed by atoms with Gasteiger partial charge >= 0.3 is 0 Å². The molecule has 0 saturated heterocycles. The van der Waals surface area contributed by atoms with Crippen molar-refractivity contribution in [2.45, 2.75) is 0 Å². The zero-order chi connectivity index (χ0) is 41.0. The molecule has 0 N–H and O–H groups in total. The minimum absolute atomic E-state index is 0.558. The van der Waals surface area contributed by atoms with Crippen LogP contribution in [0, 0.1) is 0 Å². The summed E-state index contributed by atoms with van der Waals surface area (Å²) >= 11 is 0. The smallest absolute Gasteiger partial charge is 0.238 e. The van der Waals surface area contributed by atoms with E-state index in [0.29, 0.717) is 17.6 Å². The Kier molecular flexibility index (Phi) is 8.42. The Morgan fingerprint density at radius 2 is 0.726 bits per heavy atom. The lowest BCUT2D eigenvalue weighted by molar-refractivity contribution is 0.953. The van der Waals surface area contributed by atoms with E-state index in [2.05, 4.69) is 209 Å². The van der Waals surface area contributed by atoms with Crippen LogP contribution in [0.2, 0.25) is 0 Å². The number of benzene rings is 9. The van der Waals surface area contributed by atoms with Crippen molar-refractivity contribution < 1.29 is 0 Å². The van der Waals surface area contributed by atoms with Crippen molar-refractivity contribution in [3.8, 4) is 67.8 Å². The largest absolute Gasteiger partial charge is 0.307 e. The van der Waals surface area contributed by atoms with Crippen LogP contribution >= 0.6 is 0 Å². The lowest BCUT2D eigenvalue weighted by Crippen LogP contribution is -2.07. The molecule has 0 amide bonds. The van der Waals surface area contributed by atoms with Crippen LogP contribution in [0.4, 0.5) is 0 Å². The van der Waals surface area contributed by atoms with E-state index in [1.165, 1.54) is 22.1 Å². The number of rotatable bonds is 7. The molecule has 12 aromatic rings. The molecule has 0 aliphatic carbocycles. The number of hydrogen-bond acceptors (Lipinski definition) is 3. The van der Waals surface area contributed by atoms with Gasteiger partial charge in [0.15, 0.2) is 11.6 Å². The van der Waals surface area contributed by atoms with Crippen molar-refractivity contribution in [2.24, 2.45) is 0 Å². The van der Waals surface area contributed by atoms with Gasteiger partial charge in [0.1, 0.15) is 0 Å². The SMILES string of the molecule is c1ccc(-c2cccc(-c3nc(-c4ccccc4)nc(-n4c5ccccc5c5ccc6c7ccccc7n(-c7ccc(-c8ccccc8-c8ccccc8)cc7)c6c54)n3)c2)cc1. The van der Waals surface area contributed by atoms with E-state index in [1.807, 2.05) is 24.3 Å². The number of hydrogen-bond donors (Lipinski definition) is 0. The highest BCUT2D eigenvalue weighted by atomic mass is 15.2. The first-order chi connectivity index (χ1) is 30.8. The van der Waals surface area contributed by atoms with Gasteiger partial charge in [0.25, 0.3) is 0 Å². The van der Waals surface area contributed by atoms with Gasteiger partial charge in [-0.05, 0) is 63.7 Å². The molecule has 0 bridgehead atoms. The van der Waals surface area contributed by atoms with E-state index >= 15 is 0 Å². The van der Waals surface area contributed by atoms with Crippen molar-refractivity contribution in [1.29, 1.82) is 0 Å². The zero-order valence-corrected chi connectivity index (χ0v) is 33.6. The van der Waals surface area contributed by atoms with Gasteiger partial charge in [-0.1, -0.05) is 194 Å². The van der Waals surface area contributed by atoms with Gasteiger partial charge in [0, 0.05) is 38.4 Å². The van der Waals surface area contributed by atoms with Crippen LogP contribution in [0.1, 0.15) is 0 Å². The standard InChI is InChI=1S/C57H37N5/c1-4-17-38(18-5-1)42-23-16-24-43(37-42)56-58-55(41-21-8-3-9-22-41)59-57(60-56)62-52-30-15-13-28-48(52)50-36-35-49-47-27-12-14-29-51(47)61(53(49)54(50)62)44-33-31-40(32-34-44)46-26-11-10-25-45(46)39-19-6-2-7-20-39/h1-37H. The Hall–Kier alpha value is -8.41. The van der Waals surface area contributed by atoms with Crippen LogP contribution in [-0.4, -0.2) is 24.1 Å². The molecule has 3 heterocycles. The molecule has 5 heteroatoms. The predicted molar refractivity (Wildman–Crippen MR) is 256 cm³/mol. The Bertz CT molecular complexity index is 3610. The van der Waals surface area contributed by atoms with Gasteiger partial charge in [-0.2, -0.15) is 9.97 Å². The molecular formula is C57H37N5. The van der Waals surface area contributed by atoms with Gasteiger partial charge in [0.2, 0.25) is 5.95 Å². The molecule has 5 nitrogen and oxygen atoms in total. The Balaban J connectivity index is 1.12. The highest BCUT2D eigenvalue weighted by Gasteiger charge is 2.23. The molecule has 62 heavy (non-hydrogen) atoms. The molecule has 290 valence electrons. The Morgan fingerprint density at radius 1 is 0.274 bits per heavy atom. The van der Waals surface area contributed by atoms with Gasteiger partial charge in [0.05, 0.1) is 22.1 Å². The lowest BCUT2D eigenvalue weighted by Gasteiger charge is -2.14. The molecule has 0 radical (unpaired) electrons. The molecule has 0 unspecified atom stereocenters. The van der Waals surface area contributed by atoms with Crippen LogP contribution in [0.5, 0.6) is 0 Å². The molecule has 0 spiro atoms. The van der Waals surface area contributed by atoms with Crippen molar-refractivity contribution in [3.63, 3.8) is 0 Å². The molecule has 12 rings (SSSR count). The highest BCUT2D eigenvalue weighted by Crippen LogP contribution is 2.42. The first-order valence-electron chi connectivity index (χ1n) is 21.0. The average molecular weight is 792 g/mol. The number of para-hydroxylation sites is 2. The van der Waals surface area contributed by atoms with Crippen LogP contribution in [0.15, 0.2) is 224 Å². The maximum atomic E-state index is 5.38. The summed E-state index contributed by atoms with van der Waals surface area (Å²) in [5.41, 5.74) is 14.2. The summed E-state index contributed by atoms with van der Waals surface area (Å²) in [6.07, 6.45) is 0. The van der Waals surface area contributed by atoms with E-state index in [-0.39, 0.29) is 0 Å². The fourth-order valence-corrected chi connectivity index (χ4v) is 9.15. The maximum Gasteiger partial charge on any atom is 0.238 e. The summed E-state index contributed by atoms with van der Waals surface area (Å²) in [6.45, 7) is 0. The van der Waals surface area contributed by atoms with Gasteiger partial charge in [-0.3, -0.25) is 4.57 Å².